The van der Waals surface area contributed by atoms with Crippen molar-refractivity contribution in [3.05, 3.63) is 42.1 Å². The average Bonchev–Trinajstić information content (AvgIpc) is 2.96. The van der Waals surface area contributed by atoms with E-state index in [1.807, 2.05) is 29.9 Å². The van der Waals surface area contributed by atoms with E-state index in [4.69, 9.17) is 4.42 Å². The van der Waals surface area contributed by atoms with Crippen LogP contribution in [0.3, 0.4) is 0 Å². The van der Waals surface area contributed by atoms with E-state index >= 15 is 0 Å². The highest BCUT2D eigenvalue weighted by atomic mass is 16.3. The van der Waals surface area contributed by atoms with Gasteiger partial charge in [-0.05, 0) is 25.5 Å². The molecular weight excluding hydrogens is 204 g/mol. The number of furan rings is 1. The third-order valence-corrected chi connectivity index (χ3v) is 2.61. The van der Waals surface area contributed by atoms with Gasteiger partial charge in [0.2, 0.25) is 0 Å². The van der Waals surface area contributed by atoms with Crippen LogP contribution in [0, 0.1) is 0 Å². The van der Waals surface area contributed by atoms with E-state index in [-0.39, 0.29) is 0 Å². The molecule has 0 bridgehead atoms. The Morgan fingerprint density at radius 3 is 3.06 bits per heavy atom. The summed E-state index contributed by atoms with van der Waals surface area (Å²) in [6.07, 6.45) is 6.18. The van der Waals surface area contributed by atoms with E-state index in [0.717, 1.165) is 24.3 Å². The molecule has 0 saturated carbocycles. The van der Waals surface area contributed by atoms with Gasteiger partial charge in [0, 0.05) is 24.7 Å². The lowest BCUT2D eigenvalue weighted by Gasteiger charge is -2.06. The van der Waals surface area contributed by atoms with Gasteiger partial charge in [-0.15, -0.1) is 0 Å². The fraction of sp³-hybridized carbons (Fsp3) is 0.417. The monoisotopic (exact) mass is 220 g/mol. The second kappa shape index (κ2) is 4.99. The van der Waals surface area contributed by atoms with Crippen molar-refractivity contribution < 1.29 is 9.52 Å². The first-order valence-corrected chi connectivity index (χ1v) is 5.52. The van der Waals surface area contributed by atoms with Crippen molar-refractivity contribution in [2.75, 3.05) is 0 Å². The molecule has 86 valence electrons. The van der Waals surface area contributed by atoms with Crippen molar-refractivity contribution in [2.45, 2.75) is 32.4 Å². The van der Waals surface area contributed by atoms with Crippen molar-refractivity contribution in [3.8, 4) is 0 Å². The molecule has 0 aliphatic rings. The van der Waals surface area contributed by atoms with Crippen molar-refractivity contribution >= 4 is 0 Å². The Labute approximate surface area is 94.5 Å². The van der Waals surface area contributed by atoms with E-state index < -0.39 is 6.10 Å². The lowest BCUT2D eigenvalue weighted by molar-refractivity contribution is 0.165. The molecule has 2 rings (SSSR count). The van der Waals surface area contributed by atoms with Gasteiger partial charge in [-0.3, -0.25) is 4.68 Å². The number of aryl methyl sites for hydroxylation is 2. The van der Waals surface area contributed by atoms with Gasteiger partial charge in [0.05, 0.1) is 18.6 Å². The smallest absolute Gasteiger partial charge is 0.103 e. The molecule has 2 aromatic rings. The molecule has 16 heavy (non-hydrogen) atoms. The third kappa shape index (κ3) is 2.52. The lowest BCUT2D eigenvalue weighted by Crippen LogP contribution is -1.98. The Bertz CT molecular complexity index is 420. The molecule has 0 amide bonds. The fourth-order valence-electron chi connectivity index (χ4n) is 1.63. The van der Waals surface area contributed by atoms with Crippen LogP contribution in [-0.2, 0) is 13.0 Å². The van der Waals surface area contributed by atoms with Crippen LogP contribution in [0.15, 0.2) is 35.2 Å². The van der Waals surface area contributed by atoms with Crippen LogP contribution in [-0.4, -0.2) is 14.9 Å². The highest BCUT2D eigenvalue weighted by Gasteiger charge is 2.10. The number of aliphatic hydroxyl groups is 1. The number of hydrogen-bond acceptors (Lipinski definition) is 3. The first kappa shape index (κ1) is 11.0. The number of rotatable bonds is 5. The quantitative estimate of drug-likeness (QED) is 0.840. The molecule has 0 aliphatic carbocycles. The van der Waals surface area contributed by atoms with Gasteiger partial charge in [-0.25, -0.2) is 0 Å². The zero-order valence-electron chi connectivity index (χ0n) is 9.34. The standard InChI is InChI=1S/C12H16N2O2/c1-2-14-9-10(8-13-14)12(15)6-5-11-4-3-7-16-11/h3-4,7-9,12,15H,2,5-6H2,1H3. The van der Waals surface area contributed by atoms with Crippen molar-refractivity contribution in [3.63, 3.8) is 0 Å². The maximum absolute atomic E-state index is 9.93. The maximum Gasteiger partial charge on any atom is 0.103 e. The largest absolute Gasteiger partial charge is 0.469 e. The minimum Gasteiger partial charge on any atom is -0.469 e. The summed E-state index contributed by atoms with van der Waals surface area (Å²) in [5, 5.41) is 14.1. The van der Waals surface area contributed by atoms with Gasteiger partial charge >= 0.3 is 0 Å². The summed E-state index contributed by atoms with van der Waals surface area (Å²) in [7, 11) is 0. The first-order valence-electron chi connectivity index (χ1n) is 5.52. The molecule has 4 heteroatoms. The van der Waals surface area contributed by atoms with Gasteiger partial charge in [0.15, 0.2) is 0 Å². The predicted octanol–water partition coefficient (Wildman–Crippen LogP) is 2.16. The van der Waals surface area contributed by atoms with Crippen LogP contribution in [0.5, 0.6) is 0 Å². The molecule has 0 saturated heterocycles. The van der Waals surface area contributed by atoms with Crippen molar-refractivity contribution in [1.29, 1.82) is 0 Å². The van der Waals surface area contributed by atoms with Gasteiger partial charge < -0.3 is 9.52 Å². The minimum atomic E-state index is -0.467. The summed E-state index contributed by atoms with van der Waals surface area (Å²) in [5.74, 6) is 0.905. The van der Waals surface area contributed by atoms with Gasteiger partial charge in [0.1, 0.15) is 5.76 Å². The summed E-state index contributed by atoms with van der Waals surface area (Å²) in [6.45, 7) is 2.84. The van der Waals surface area contributed by atoms with E-state index in [1.165, 1.54) is 0 Å². The molecule has 0 radical (unpaired) electrons. The Kier molecular flexibility index (Phi) is 3.41. The third-order valence-electron chi connectivity index (χ3n) is 2.61. The molecule has 0 aromatic carbocycles. The van der Waals surface area contributed by atoms with Crippen LogP contribution in [0.4, 0.5) is 0 Å². The van der Waals surface area contributed by atoms with Crippen molar-refractivity contribution in [2.24, 2.45) is 0 Å². The van der Waals surface area contributed by atoms with Gasteiger partial charge in [0.25, 0.3) is 0 Å². The number of aromatic nitrogens is 2. The molecule has 0 spiro atoms. The molecule has 1 unspecified atom stereocenters. The van der Waals surface area contributed by atoms with Crippen LogP contribution in [0.25, 0.3) is 0 Å². The summed E-state index contributed by atoms with van der Waals surface area (Å²) in [4.78, 5) is 0. The molecule has 2 aromatic heterocycles. The SMILES string of the molecule is CCn1cc(C(O)CCc2ccco2)cn1. The van der Waals surface area contributed by atoms with E-state index in [2.05, 4.69) is 5.10 Å². The van der Waals surface area contributed by atoms with Gasteiger partial charge in [-0.2, -0.15) is 5.10 Å². The van der Waals surface area contributed by atoms with Crippen LogP contribution < -0.4 is 0 Å². The fourth-order valence-corrected chi connectivity index (χ4v) is 1.63. The summed E-state index contributed by atoms with van der Waals surface area (Å²) >= 11 is 0. The zero-order valence-corrected chi connectivity index (χ0v) is 9.34. The minimum absolute atomic E-state index is 0.467. The topological polar surface area (TPSA) is 51.2 Å². The number of hydrogen-bond donors (Lipinski definition) is 1. The van der Waals surface area contributed by atoms with Gasteiger partial charge in [-0.1, -0.05) is 0 Å². The van der Waals surface area contributed by atoms with E-state index in [1.54, 1.807) is 12.5 Å². The number of aliphatic hydroxyl groups excluding tert-OH is 1. The van der Waals surface area contributed by atoms with Crippen LogP contribution >= 0.6 is 0 Å². The number of nitrogens with zero attached hydrogens (tertiary/aromatic N) is 2. The molecular formula is C12H16N2O2. The molecule has 4 nitrogen and oxygen atoms in total. The summed E-state index contributed by atoms with van der Waals surface area (Å²) < 4.78 is 7.03. The normalized spacial score (nSPS) is 12.9. The molecule has 0 fully saturated rings. The zero-order chi connectivity index (χ0) is 11.4. The van der Waals surface area contributed by atoms with Crippen molar-refractivity contribution in [1.82, 2.24) is 9.78 Å². The second-order valence-corrected chi connectivity index (χ2v) is 3.76. The Hall–Kier alpha value is -1.55. The molecule has 1 N–H and O–H groups in total. The Morgan fingerprint density at radius 2 is 2.44 bits per heavy atom. The van der Waals surface area contributed by atoms with Crippen LogP contribution in [0.1, 0.15) is 30.8 Å². The highest BCUT2D eigenvalue weighted by molar-refractivity contribution is 5.08. The Balaban J connectivity index is 1.90. The summed E-state index contributed by atoms with van der Waals surface area (Å²) in [6, 6.07) is 3.78. The second-order valence-electron chi connectivity index (χ2n) is 3.76. The molecule has 0 aliphatic heterocycles. The Morgan fingerprint density at radius 1 is 1.56 bits per heavy atom. The van der Waals surface area contributed by atoms with E-state index in [0.29, 0.717) is 6.42 Å². The highest BCUT2D eigenvalue weighted by Crippen LogP contribution is 2.18. The molecule has 1 atom stereocenters. The van der Waals surface area contributed by atoms with Crippen LogP contribution in [0.2, 0.25) is 0 Å². The van der Waals surface area contributed by atoms with E-state index in [9.17, 15) is 5.11 Å². The first-order chi connectivity index (χ1) is 7.79. The lowest BCUT2D eigenvalue weighted by atomic mass is 10.1. The predicted molar refractivity (Wildman–Crippen MR) is 59.9 cm³/mol. The molecule has 2 heterocycles. The summed E-state index contributed by atoms with van der Waals surface area (Å²) in [5.41, 5.74) is 0.869. The average molecular weight is 220 g/mol. The maximum atomic E-state index is 9.93.